The number of amides is 1. The minimum absolute atomic E-state index is 0.100. The van der Waals surface area contributed by atoms with Crippen molar-refractivity contribution < 1.29 is 14.3 Å². The molecule has 0 spiro atoms. The van der Waals surface area contributed by atoms with Gasteiger partial charge in [-0.05, 0) is 49.1 Å². The molecule has 2 aromatic carbocycles. The number of para-hydroxylation sites is 1. The van der Waals surface area contributed by atoms with Gasteiger partial charge in [0.15, 0.2) is 6.61 Å². The summed E-state index contributed by atoms with van der Waals surface area (Å²) in [6.45, 7) is 9.38. The van der Waals surface area contributed by atoms with Gasteiger partial charge in [0.05, 0.1) is 16.8 Å². The van der Waals surface area contributed by atoms with E-state index in [2.05, 4.69) is 20.8 Å². The van der Waals surface area contributed by atoms with Crippen LogP contribution in [0.15, 0.2) is 54.6 Å². The first-order valence-corrected chi connectivity index (χ1v) is 12.1. The fourth-order valence-electron chi connectivity index (χ4n) is 6.26. The third-order valence-electron chi connectivity index (χ3n) is 7.35. The summed E-state index contributed by atoms with van der Waals surface area (Å²) < 4.78 is 5.60. The highest BCUT2D eigenvalue weighted by atomic mass is 16.5. The lowest BCUT2D eigenvalue weighted by Crippen LogP contribution is -2.39. The monoisotopic (exact) mass is 456 g/mol. The summed E-state index contributed by atoms with van der Waals surface area (Å²) in [6, 6.07) is 17.6. The Bertz CT molecular complexity index is 1260. The van der Waals surface area contributed by atoms with Crippen LogP contribution in [-0.2, 0) is 9.53 Å². The zero-order valence-corrected chi connectivity index (χ0v) is 20.4. The maximum Gasteiger partial charge on any atom is 0.339 e. The summed E-state index contributed by atoms with van der Waals surface area (Å²) >= 11 is 0. The Balaban J connectivity index is 1.37. The molecule has 2 heterocycles. The van der Waals surface area contributed by atoms with Gasteiger partial charge in [-0.15, -0.1) is 0 Å². The molecule has 2 bridgehead atoms. The largest absolute Gasteiger partial charge is 0.452 e. The number of hydrogen-bond donors (Lipinski definition) is 0. The van der Waals surface area contributed by atoms with Crippen LogP contribution < -0.4 is 0 Å². The summed E-state index contributed by atoms with van der Waals surface area (Å²) in [4.78, 5) is 33.0. The van der Waals surface area contributed by atoms with E-state index in [0.29, 0.717) is 11.3 Å². The molecular formula is C29H32N2O3. The van der Waals surface area contributed by atoms with Crippen LogP contribution in [0.25, 0.3) is 22.2 Å². The summed E-state index contributed by atoms with van der Waals surface area (Å²) in [5.74, 6) is -0.592. The number of aromatic nitrogens is 1. The first-order chi connectivity index (χ1) is 16.1. The van der Waals surface area contributed by atoms with Crippen molar-refractivity contribution >= 4 is 22.8 Å². The third kappa shape index (κ3) is 4.31. The summed E-state index contributed by atoms with van der Waals surface area (Å²) in [5.41, 5.74) is 4.33. The molecule has 5 nitrogen and oxygen atoms in total. The van der Waals surface area contributed by atoms with Gasteiger partial charge in [0.2, 0.25) is 0 Å². The Morgan fingerprint density at radius 2 is 1.79 bits per heavy atom. The number of carbonyl (C=O) groups is 2. The van der Waals surface area contributed by atoms with Crippen LogP contribution in [0.3, 0.4) is 0 Å². The first-order valence-electron chi connectivity index (χ1n) is 12.1. The van der Waals surface area contributed by atoms with Gasteiger partial charge in [-0.1, -0.05) is 68.8 Å². The van der Waals surface area contributed by atoms with Crippen LogP contribution in [-0.4, -0.2) is 41.0 Å². The number of fused-ring (bicyclic) bond motifs is 3. The number of likely N-dealkylation sites (tertiary alicyclic amines) is 1. The average molecular weight is 457 g/mol. The highest BCUT2D eigenvalue weighted by Crippen LogP contribution is 2.52. The van der Waals surface area contributed by atoms with Gasteiger partial charge in [-0.2, -0.15) is 0 Å². The van der Waals surface area contributed by atoms with Gasteiger partial charge in [0.1, 0.15) is 0 Å². The topological polar surface area (TPSA) is 59.5 Å². The quantitative estimate of drug-likeness (QED) is 0.466. The predicted octanol–water partition coefficient (Wildman–Crippen LogP) is 5.79. The second-order valence-corrected chi connectivity index (χ2v) is 11.2. The summed E-state index contributed by atoms with van der Waals surface area (Å²) in [7, 11) is 0. The lowest BCUT2D eigenvalue weighted by molar-refractivity contribution is -0.135. The van der Waals surface area contributed by atoms with Crippen molar-refractivity contribution in [2.75, 3.05) is 13.2 Å². The van der Waals surface area contributed by atoms with E-state index in [4.69, 9.17) is 9.72 Å². The fourth-order valence-corrected chi connectivity index (χ4v) is 6.26. The number of rotatable bonds is 4. The molecule has 1 aliphatic carbocycles. The predicted molar refractivity (Wildman–Crippen MR) is 133 cm³/mol. The van der Waals surface area contributed by atoms with Crippen molar-refractivity contribution in [1.82, 2.24) is 9.88 Å². The molecule has 2 aliphatic rings. The van der Waals surface area contributed by atoms with Crippen molar-refractivity contribution in [2.24, 2.45) is 10.8 Å². The number of esters is 1. The molecule has 0 radical (unpaired) electrons. The molecule has 3 aromatic rings. The molecule has 34 heavy (non-hydrogen) atoms. The van der Waals surface area contributed by atoms with E-state index in [1.165, 1.54) is 0 Å². The first kappa shape index (κ1) is 22.6. The standard InChI is InChI=1S/C29H32N2O3/c1-19-9-11-20(12-10-19)25-13-23(22-7-5-6-8-24(22)30-25)27(33)34-16-26(32)31-18-29(4)15-21(31)14-28(2,3)17-29/h5-13,21H,14-18H2,1-4H3. The second kappa shape index (κ2) is 8.23. The van der Waals surface area contributed by atoms with E-state index in [-0.39, 0.29) is 29.4 Å². The molecule has 5 rings (SSSR count). The molecule has 0 N–H and O–H groups in total. The van der Waals surface area contributed by atoms with E-state index in [1.807, 2.05) is 60.4 Å². The van der Waals surface area contributed by atoms with Crippen molar-refractivity contribution in [2.45, 2.75) is 53.0 Å². The Morgan fingerprint density at radius 1 is 1.06 bits per heavy atom. The van der Waals surface area contributed by atoms with Gasteiger partial charge in [0.25, 0.3) is 5.91 Å². The van der Waals surface area contributed by atoms with Crippen molar-refractivity contribution in [3.8, 4) is 11.3 Å². The molecular weight excluding hydrogens is 424 g/mol. The van der Waals surface area contributed by atoms with Crippen LogP contribution in [0.1, 0.15) is 56.0 Å². The molecule has 176 valence electrons. The number of aryl methyl sites for hydroxylation is 1. The van der Waals surface area contributed by atoms with Crippen molar-refractivity contribution in [1.29, 1.82) is 0 Å². The van der Waals surface area contributed by atoms with Gasteiger partial charge in [0, 0.05) is 23.5 Å². The Labute approximate surface area is 201 Å². The molecule has 1 aromatic heterocycles. The molecule has 2 fully saturated rings. The fraction of sp³-hybridized carbons (Fsp3) is 0.414. The van der Waals surface area contributed by atoms with Gasteiger partial charge < -0.3 is 9.64 Å². The van der Waals surface area contributed by atoms with E-state index in [0.717, 1.165) is 47.8 Å². The van der Waals surface area contributed by atoms with Crippen molar-refractivity contribution in [3.05, 3.63) is 65.7 Å². The molecule has 2 atom stereocenters. The normalized spacial score (nSPS) is 23.2. The maximum atomic E-state index is 13.2. The SMILES string of the molecule is Cc1ccc(-c2cc(C(=O)OCC(=O)N3CC4(C)CC3CC(C)(C)C4)c3ccccc3n2)cc1. The molecule has 1 amide bonds. The number of pyridine rings is 1. The van der Waals surface area contributed by atoms with Crippen LogP contribution in [0.4, 0.5) is 0 Å². The Kier molecular flexibility index (Phi) is 5.46. The zero-order valence-electron chi connectivity index (χ0n) is 20.4. The number of ether oxygens (including phenoxy) is 1. The lowest BCUT2D eigenvalue weighted by atomic mass is 9.65. The number of benzene rings is 2. The van der Waals surface area contributed by atoms with Crippen LogP contribution >= 0.6 is 0 Å². The molecule has 5 heteroatoms. The van der Waals surface area contributed by atoms with E-state index >= 15 is 0 Å². The van der Waals surface area contributed by atoms with Crippen LogP contribution in [0, 0.1) is 17.8 Å². The maximum absolute atomic E-state index is 13.2. The molecule has 1 saturated carbocycles. The van der Waals surface area contributed by atoms with Crippen molar-refractivity contribution in [3.63, 3.8) is 0 Å². The number of hydrogen-bond acceptors (Lipinski definition) is 4. The van der Waals surface area contributed by atoms with Crippen LogP contribution in [0.5, 0.6) is 0 Å². The Hall–Kier alpha value is -3.21. The third-order valence-corrected chi connectivity index (χ3v) is 7.35. The smallest absolute Gasteiger partial charge is 0.339 e. The number of nitrogens with zero attached hydrogens (tertiary/aromatic N) is 2. The van der Waals surface area contributed by atoms with Gasteiger partial charge in [-0.3, -0.25) is 4.79 Å². The van der Waals surface area contributed by atoms with Crippen LogP contribution in [0.2, 0.25) is 0 Å². The Morgan fingerprint density at radius 3 is 2.56 bits per heavy atom. The molecule has 2 unspecified atom stereocenters. The highest BCUT2D eigenvalue weighted by molar-refractivity contribution is 6.05. The van der Waals surface area contributed by atoms with Gasteiger partial charge >= 0.3 is 5.97 Å². The second-order valence-electron chi connectivity index (χ2n) is 11.2. The average Bonchev–Trinajstić information content (AvgIpc) is 3.05. The number of carbonyl (C=O) groups excluding carboxylic acids is 2. The van der Waals surface area contributed by atoms with E-state index in [9.17, 15) is 9.59 Å². The van der Waals surface area contributed by atoms with E-state index in [1.54, 1.807) is 6.07 Å². The zero-order chi connectivity index (χ0) is 24.1. The minimum atomic E-state index is -0.492. The lowest BCUT2D eigenvalue weighted by Gasteiger charge is -2.39. The minimum Gasteiger partial charge on any atom is -0.452 e. The van der Waals surface area contributed by atoms with E-state index < -0.39 is 5.97 Å². The summed E-state index contributed by atoms with van der Waals surface area (Å²) in [6.07, 6.45) is 3.15. The highest BCUT2D eigenvalue weighted by Gasteiger charge is 2.50. The summed E-state index contributed by atoms with van der Waals surface area (Å²) in [5, 5.41) is 0.724. The van der Waals surface area contributed by atoms with Gasteiger partial charge in [-0.25, -0.2) is 9.78 Å². The molecule has 1 saturated heterocycles. The molecule has 1 aliphatic heterocycles.